The van der Waals surface area contributed by atoms with Crippen LogP contribution in [0.5, 0.6) is 0 Å². The van der Waals surface area contributed by atoms with Gasteiger partial charge in [-0.1, -0.05) is 44.2 Å². The van der Waals surface area contributed by atoms with Crippen molar-refractivity contribution in [3.63, 3.8) is 0 Å². The summed E-state index contributed by atoms with van der Waals surface area (Å²) in [6.45, 7) is 13.7. The van der Waals surface area contributed by atoms with E-state index in [2.05, 4.69) is 66.1 Å². The molecule has 0 radical (unpaired) electrons. The molecule has 5 rings (SSSR count). The number of piperidine rings is 1. The second-order valence-electron chi connectivity index (χ2n) is 11.1. The van der Waals surface area contributed by atoms with Crippen LogP contribution in [-0.2, 0) is 25.4 Å². The minimum Gasteiger partial charge on any atom is -0.341 e. The quantitative estimate of drug-likeness (QED) is 0.429. The average Bonchev–Trinajstić information content (AvgIpc) is 3.40. The Hall–Kier alpha value is -3.29. The lowest BCUT2D eigenvalue weighted by atomic mass is 9.84. The third-order valence-electron chi connectivity index (χ3n) is 7.20. The van der Waals surface area contributed by atoms with Gasteiger partial charge in [0.2, 0.25) is 5.95 Å². The van der Waals surface area contributed by atoms with Crippen molar-refractivity contribution < 1.29 is 0 Å². The van der Waals surface area contributed by atoms with E-state index in [1.165, 1.54) is 16.7 Å². The van der Waals surface area contributed by atoms with E-state index in [1.54, 1.807) is 0 Å². The van der Waals surface area contributed by atoms with Crippen molar-refractivity contribution in [3.8, 4) is 0 Å². The highest BCUT2D eigenvalue weighted by atomic mass is 15.4. The summed E-state index contributed by atoms with van der Waals surface area (Å²) in [5.74, 6) is 1.39. The van der Waals surface area contributed by atoms with Crippen molar-refractivity contribution in [1.82, 2.24) is 34.5 Å². The van der Waals surface area contributed by atoms with Crippen LogP contribution >= 0.6 is 0 Å². The zero-order chi connectivity index (χ0) is 24.7. The number of benzene rings is 1. The normalized spacial score (nSPS) is 15.3. The molecule has 0 saturated carbocycles. The molecule has 0 unspecified atom stereocenters. The van der Waals surface area contributed by atoms with Crippen molar-refractivity contribution in [2.45, 2.75) is 65.8 Å². The molecule has 0 bridgehead atoms. The third kappa shape index (κ3) is 4.92. The lowest BCUT2D eigenvalue weighted by Gasteiger charge is -2.32. The number of imidazole rings is 1. The van der Waals surface area contributed by atoms with Gasteiger partial charge in [-0.3, -0.25) is 4.68 Å². The Morgan fingerprint density at radius 2 is 1.83 bits per heavy atom. The van der Waals surface area contributed by atoms with E-state index in [0.717, 1.165) is 67.4 Å². The molecule has 0 amide bonds. The zero-order valence-electron chi connectivity index (χ0n) is 21.8. The molecule has 3 aromatic heterocycles. The van der Waals surface area contributed by atoms with Crippen molar-refractivity contribution in [1.29, 1.82) is 0 Å². The fourth-order valence-corrected chi connectivity index (χ4v) is 4.96. The monoisotopic (exact) mass is 472 g/mol. The summed E-state index contributed by atoms with van der Waals surface area (Å²) in [5, 5.41) is 8.34. The zero-order valence-corrected chi connectivity index (χ0v) is 21.8. The van der Waals surface area contributed by atoms with Gasteiger partial charge in [-0.05, 0) is 54.7 Å². The highest BCUT2D eigenvalue weighted by Gasteiger charge is 2.24. The smallest absolute Gasteiger partial charge is 0.227 e. The average molecular weight is 473 g/mol. The molecule has 35 heavy (non-hydrogen) atoms. The summed E-state index contributed by atoms with van der Waals surface area (Å²) in [6.07, 6.45) is 6.81. The molecule has 4 heterocycles. The lowest BCUT2D eigenvalue weighted by Crippen LogP contribution is -2.36. The highest BCUT2D eigenvalue weighted by Crippen LogP contribution is 2.29. The van der Waals surface area contributed by atoms with Crippen LogP contribution in [0.4, 0.5) is 5.95 Å². The molecule has 8 nitrogen and oxygen atoms in total. The fourth-order valence-electron chi connectivity index (χ4n) is 4.96. The molecule has 0 aliphatic carbocycles. The summed E-state index contributed by atoms with van der Waals surface area (Å²) in [7, 11) is 2.03. The molecule has 1 fully saturated rings. The second-order valence-corrected chi connectivity index (χ2v) is 11.1. The van der Waals surface area contributed by atoms with Gasteiger partial charge in [-0.15, -0.1) is 5.10 Å². The van der Waals surface area contributed by atoms with Crippen LogP contribution in [-0.4, -0.2) is 47.6 Å². The number of nitrogens with zero attached hydrogens (tertiary/aromatic N) is 8. The molecule has 1 aliphatic rings. The predicted molar refractivity (Wildman–Crippen MR) is 139 cm³/mol. The van der Waals surface area contributed by atoms with Crippen LogP contribution in [0.25, 0.3) is 11.2 Å². The van der Waals surface area contributed by atoms with Crippen LogP contribution in [0.2, 0.25) is 0 Å². The topological polar surface area (TPSA) is 77.5 Å². The third-order valence-corrected chi connectivity index (χ3v) is 7.20. The second kappa shape index (κ2) is 9.06. The molecule has 1 saturated heterocycles. The number of aryl methyl sites for hydroxylation is 3. The van der Waals surface area contributed by atoms with Gasteiger partial charge in [0.05, 0.1) is 17.7 Å². The van der Waals surface area contributed by atoms with Gasteiger partial charge in [0.1, 0.15) is 5.52 Å². The molecule has 1 aromatic carbocycles. The molecular weight excluding hydrogens is 436 g/mol. The number of hydrogen-bond acceptors (Lipinski definition) is 6. The molecule has 0 atom stereocenters. The summed E-state index contributed by atoms with van der Waals surface area (Å²) in [4.78, 5) is 16.9. The van der Waals surface area contributed by atoms with Crippen LogP contribution in [0, 0.1) is 19.8 Å². The van der Waals surface area contributed by atoms with Crippen LogP contribution in [0.1, 0.15) is 61.7 Å². The lowest BCUT2D eigenvalue weighted by molar-refractivity contribution is 0.337. The molecule has 8 heteroatoms. The van der Waals surface area contributed by atoms with E-state index in [4.69, 9.17) is 9.97 Å². The van der Waals surface area contributed by atoms with Gasteiger partial charge < -0.3 is 9.47 Å². The Balaban J connectivity index is 1.40. The number of aromatic nitrogens is 7. The van der Waals surface area contributed by atoms with E-state index >= 15 is 0 Å². The van der Waals surface area contributed by atoms with Gasteiger partial charge in [0, 0.05) is 39.3 Å². The van der Waals surface area contributed by atoms with E-state index in [9.17, 15) is 0 Å². The summed E-state index contributed by atoms with van der Waals surface area (Å²) >= 11 is 0. The SMILES string of the molecule is Cc1cn(CC2CCN(c3nc(Cc4cc(C(C)(C)C)ccc4C)c4c(ncn4C)n3)CC2)nn1. The summed E-state index contributed by atoms with van der Waals surface area (Å²) < 4.78 is 4.02. The Morgan fingerprint density at radius 1 is 1.06 bits per heavy atom. The molecule has 0 spiro atoms. The standard InChI is InChI=1S/C27H36N8/c1-18-7-8-22(27(3,4)5)13-21(18)14-23-24-25(28-17-33(24)6)30-26(29-23)34-11-9-20(10-12-34)16-35-15-19(2)31-32-35/h7-8,13,15,17,20H,9-12,14,16H2,1-6H3. The Kier molecular flexibility index (Phi) is 6.07. The number of hydrogen-bond donors (Lipinski definition) is 0. The maximum Gasteiger partial charge on any atom is 0.227 e. The van der Waals surface area contributed by atoms with Gasteiger partial charge in [-0.25, -0.2) is 9.97 Å². The van der Waals surface area contributed by atoms with E-state index in [0.29, 0.717) is 5.92 Å². The molecule has 0 N–H and O–H groups in total. The molecule has 184 valence electrons. The van der Waals surface area contributed by atoms with E-state index < -0.39 is 0 Å². The van der Waals surface area contributed by atoms with Gasteiger partial charge in [-0.2, -0.15) is 4.98 Å². The first-order chi connectivity index (χ1) is 16.7. The van der Waals surface area contributed by atoms with Gasteiger partial charge >= 0.3 is 0 Å². The van der Waals surface area contributed by atoms with Crippen LogP contribution < -0.4 is 4.90 Å². The minimum absolute atomic E-state index is 0.108. The Bertz CT molecular complexity index is 1340. The number of anilines is 1. The van der Waals surface area contributed by atoms with Gasteiger partial charge in [0.15, 0.2) is 5.65 Å². The Morgan fingerprint density at radius 3 is 2.51 bits per heavy atom. The molecule has 4 aromatic rings. The highest BCUT2D eigenvalue weighted by molar-refractivity contribution is 5.75. The maximum atomic E-state index is 5.12. The van der Waals surface area contributed by atoms with Crippen molar-refractivity contribution in [2.75, 3.05) is 18.0 Å². The van der Waals surface area contributed by atoms with Crippen molar-refractivity contribution >= 4 is 17.1 Å². The molecular formula is C27H36N8. The first-order valence-corrected chi connectivity index (χ1v) is 12.6. The van der Waals surface area contributed by atoms with Crippen molar-refractivity contribution in [2.24, 2.45) is 13.0 Å². The summed E-state index contributed by atoms with van der Waals surface area (Å²) in [5.41, 5.74) is 7.86. The predicted octanol–water partition coefficient (Wildman–Crippen LogP) is 4.38. The van der Waals surface area contributed by atoms with E-state index in [1.807, 2.05) is 35.7 Å². The maximum absolute atomic E-state index is 5.12. The minimum atomic E-state index is 0.108. The molecule has 1 aliphatic heterocycles. The first-order valence-electron chi connectivity index (χ1n) is 12.6. The summed E-state index contributed by atoms with van der Waals surface area (Å²) in [6, 6.07) is 6.82. The van der Waals surface area contributed by atoms with E-state index in [-0.39, 0.29) is 5.41 Å². The van der Waals surface area contributed by atoms with Crippen LogP contribution in [0.3, 0.4) is 0 Å². The first kappa shape index (κ1) is 23.5. The van der Waals surface area contributed by atoms with Crippen molar-refractivity contribution in [3.05, 3.63) is 58.8 Å². The van der Waals surface area contributed by atoms with Crippen LogP contribution in [0.15, 0.2) is 30.7 Å². The fraction of sp³-hybridized carbons (Fsp3) is 0.519. The number of rotatable bonds is 5. The number of fused-ring (bicyclic) bond motifs is 1. The van der Waals surface area contributed by atoms with Gasteiger partial charge in [0.25, 0.3) is 0 Å². The Labute approximate surface area is 207 Å². The largest absolute Gasteiger partial charge is 0.341 e.